The van der Waals surface area contributed by atoms with Crippen LogP contribution in [0, 0.1) is 0 Å². The topological polar surface area (TPSA) is 57.3 Å². The number of aromatic nitrogens is 1. The first-order valence-corrected chi connectivity index (χ1v) is 5.99. The van der Waals surface area contributed by atoms with Crippen molar-refractivity contribution in [2.24, 2.45) is 0 Å². The molecule has 1 aliphatic heterocycles. The molecule has 1 aromatic heterocycles. The molecule has 0 radical (unpaired) electrons. The summed E-state index contributed by atoms with van der Waals surface area (Å²) in [5, 5.41) is 6.11. The Bertz CT molecular complexity index is 368. The van der Waals surface area contributed by atoms with Crippen molar-refractivity contribution in [3.8, 4) is 0 Å². The first-order chi connectivity index (χ1) is 8.33. The van der Waals surface area contributed by atoms with Gasteiger partial charge in [0.15, 0.2) is 0 Å². The third-order valence-corrected chi connectivity index (χ3v) is 2.84. The quantitative estimate of drug-likeness (QED) is 0.772. The fraction of sp³-hybridized carbons (Fsp3) is 0.500. The molecule has 1 aromatic rings. The number of rotatable bonds is 3. The maximum atomic E-state index is 12.0. The van der Waals surface area contributed by atoms with E-state index in [0.717, 1.165) is 18.9 Å². The van der Waals surface area contributed by atoms with Gasteiger partial charge in [0.25, 0.3) is 0 Å². The molecule has 1 saturated heterocycles. The minimum absolute atomic E-state index is 0.0605. The van der Waals surface area contributed by atoms with Gasteiger partial charge in [0.1, 0.15) is 11.9 Å². The van der Waals surface area contributed by atoms with Gasteiger partial charge < -0.3 is 15.5 Å². The van der Waals surface area contributed by atoms with E-state index in [0.29, 0.717) is 13.1 Å². The third-order valence-electron chi connectivity index (χ3n) is 2.84. The standard InChI is InChI=1S/C12H18N4O/c1-2-14-12(17)10-9-13-7-8-16(10)11-5-3-4-6-15-11/h3-6,10,13H,2,7-9H2,1H3,(H,14,17). The molecule has 5 nitrogen and oxygen atoms in total. The molecule has 1 aliphatic rings. The van der Waals surface area contributed by atoms with Gasteiger partial charge in [-0.3, -0.25) is 4.79 Å². The lowest BCUT2D eigenvalue weighted by molar-refractivity contribution is -0.122. The molecule has 2 rings (SSSR count). The van der Waals surface area contributed by atoms with Crippen LogP contribution in [0.1, 0.15) is 6.92 Å². The van der Waals surface area contributed by atoms with E-state index >= 15 is 0 Å². The van der Waals surface area contributed by atoms with Crippen LogP contribution in [0.15, 0.2) is 24.4 Å². The summed E-state index contributed by atoms with van der Waals surface area (Å²) in [6.07, 6.45) is 1.76. The summed E-state index contributed by atoms with van der Waals surface area (Å²) in [7, 11) is 0. The zero-order chi connectivity index (χ0) is 12.1. The van der Waals surface area contributed by atoms with Crippen LogP contribution in [0.5, 0.6) is 0 Å². The number of pyridine rings is 1. The normalized spacial score (nSPS) is 20.1. The van der Waals surface area contributed by atoms with Crippen molar-refractivity contribution in [3.63, 3.8) is 0 Å². The lowest BCUT2D eigenvalue weighted by Gasteiger charge is -2.35. The van der Waals surface area contributed by atoms with Gasteiger partial charge in [0, 0.05) is 32.4 Å². The Morgan fingerprint density at radius 2 is 2.53 bits per heavy atom. The molecule has 17 heavy (non-hydrogen) atoms. The number of carbonyl (C=O) groups excluding carboxylic acids is 1. The van der Waals surface area contributed by atoms with Crippen molar-refractivity contribution in [3.05, 3.63) is 24.4 Å². The predicted molar refractivity (Wildman–Crippen MR) is 66.9 cm³/mol. The Labute approximate surface area is 101 Å². The number of carbonyl (C=O) groups is 1. The highest BCUT2D eigenvalue weighted by molar-refractivity contribution is 5.85. The molecule has 2 heterocycles. The Balaban J connectivity index is 2.15. The number of anilines is 1. The summed E-state index contributed by atoms with van der Waals surface area (Å²) in [6.45, 7) is 4.94. The Morgan fingerprint density at radius 3 is 3.24 bits per heavy atom. The van der Waals surface area contributed by atoms with E-state index in [9.17, 15) is 4.79 Å². The third kappa shape index (κ3) is 2.74. The number of amides is 1. The summed E-state index contributed by atoms with van der Waals surface area (Å²) in [4.78, 5) is 18.3. The van der Waals surface area contributed by atoms with Gasteiger partial charge in [0.2, 0.25) is 5.91 Å². The first kappa shape index (κ1) is 11.9. The van der Waals surface area contributed by atoms with Crippen LogP contribution in [-0.2, 0) is 4.79 Å². The highest BCUT2D eigenvalue weighted by atomic mass is 16.2. The Morgan fingerprint density at radius 1 is 1.65 bits per heavy atom. The number of nitrogens with zero attached hydrogens (tertiary/aromatic N) is 2. The molecule has 0 bridgehead atoms. The van der Waals surface area contributed by atoms with Crippen LogP contribution < -0.4 is 15.5 Å². The van der Waals surface area contributed by atoms with Crippen molar-refractivity contribution < 1.29 is 4.79 Å². The average Bonchev–Trinajstić information content (AvgIpc) is 2.40. The number of hydrogen-bond acceptors (Lipinski definition) is 4. The molecule has 0 aromatic carbocycles. The zero-order valence-electron chi connectivity index (χ0n) is 10.0. The van der Waals surface area contributed by atoms with Gasteiger partial charge >= 0.3 is 0 Å². The molecular formula is C12H18N4O. The minimum atomic E-state index is -0.168. The fourth-order valence-corrected chi connectivity index (χ4v) is 2.03. The Hall–Kier alpha value is -1.62. The molecule has 1 unspecified atom stereocenters. The molecule has 92 valence electrons. The number of likely N-dealkylation sites (N-methyl/N-ethyl adjacent to an activating group) is 1. The molecule has 1 fully saturated rings. The highest BCUT2D eigenvalue weighted by Crippen LogP contribution is 2.14. The largest absolute Gasteiger partial charge is 0.355 e. The van der Waals surface area contributed by atoms with Gasteiger partial charge in [0.05, 0.1) is 0 Å². The second-order valence-electron chi connectivity index (χ2n) is 4.00. The number of piperazine rings is 1. The van der Waals surface area contributed by atoms with Gasteiger partial charge in [-0.1, -0.05) is 6.07 Å². The number of hydrogen-bond donors (Lipinski definition) is 2. The lowest BCUT2D eigenvalue weighted by atomic mass is 10.1. The Kier molecular flexibility index (Phi) is 3.93. The van der Waals surface area contributed by atoms with Gasteiger partial charge in [-0.25, -0.2) is 4.98 Å². The maximum absolute atomic E-state index is 12.0. The summed E-state index contributed by atoms with van der Waals surface area (Å²) in [5.41, 5.74) is 0. The van der Waals surface area contributed by atoms with Crippen LogP contribution >= 0.6 is 0 Å². The SMILES string of the molecule is CCNC(=O)C1CNCCN1c1ccccn1. The van der Waals surface area contributed by atoms with Gasteiger partial charge in [-0.05, 0) is 19.1 Å². The van der Waals surface area contributed by atoms with Crippen molar-refractivity contribution >= 4 is 11.7 Å². The summed E-state index contributed by atoms with van der Waals surface area (Å²) in [5.74, 6) is 0.926. The van der Waals surface area contributed by atoms with E-state index in [2.05, 4.69) is 20.5 Å². The smallest absolute Gasteiger partial charge is 0.244 e. The van der Waals surface area contributed by atoms with E-state index < -0.39 is 0 Å². The molecule has 0 aliphatic carbocycles. The van der Waals surface area contributed by atoms with Crippen LogP contribution in [0.25, 0.3) is 0 Å². The van der Waals surface area contributed by atoms with Crippen molar-refractivity contribution in [1.29, 1.82) is 0 Å². The molecular weight excluding hydrogens is 216 g/mol. The van der Waals surface area contributed by atoms with Crippen LogP contribution in [0.2, 0.25) is 0 Å². The molecule has 0 saturated carbocycles. The molecule has 5 heteroatoms. The first-order valence-electron chi connectivity index (χ1n) is 5.99. The zero-order valence-corrected chi connectivity index (χ0v) is 10.0. The predicted octanol–water partition coefficient (Wildman–Crippen LogP) is -0.00410. The highest BCUT2D eigenvalue weighted by Gasteiger charge is 2.28. The average molecular weight is 234 g/mol. The van der Waals surface area contributed by atoms with E-state index in [4.69, 9.17) is 0 Å². The lowest BCUT2D eigenvalue weighted by Crippen LogP contribution is -2.58. The number of nitrogens with one attached hydrogen (secondary N) is 2. The van der Waals surface area contributed by atoms with E-state index in [1.807, 2.05) is 25.1 Å². The second kappa shape index (κ2) is 5.63. The van der Waals surface area contributed by atoms with Crippen LogP contribution in [0.4, 0.5) is 5.82 Å². The molecule has 1 atom stereocenters. The minimum Gasteiger partial charge on any atom is -0.355 e. The van der Waals surface area contributed by atoms with Crippen LogP contribution in [-0.4, -0.2) is 43.1 Å². The molecule has 1 amide bonds. The van der Waals surface area contributed by atoms with Crippen molar-refractivity contribution in [2.75, 3.05) is 31.1 Å². The summed E-state index contributed by atoms with van der Waals surface area (Å²) in [6, 6.07) is 5.60. The fourth-order valence-electron chi connectivity index (χ4n) is 2.03. The van der Waals surface area contributed by atoms with E-state index in [-0.39, 0.29) is 11.9 Å². The maximum Gasteiger partial charge on any atom is 0.244 e. The molecule has 0 spiro atoms. The molecule has 2 N–H and O–H groups in total. The van der Waals surface area contributed by atoms with Gasteiger partial charge in [-0.2, -0.15) is 0 Å². The summed E-state index contributed by atoms with van der Waals surface area (Å²) < 4.78 is 0. The van der Waals surface area contributed by atoms with Crippen molar-refractivity contribution in [1.82, 2.24) is 15.6 Å². The second-order valence-corrected chi connectivity index (χ2v) is 4.00. The summed E-state index contributed by atoms with van der Waals surface area (Å²) >= 11 is 0. The monoisotopic (exact) mass is 234 g/mol. The van der Waals surface area contributed by atoms with Gasteiger partial charge in [-0.15, -0.1) is 0 Å². The van der Waals surface area contributed by atoms with E-state index in [1.54, 1.807) is 6.20 Å². The van der Waals surface area contributed by atoms with Crippen LogP contribution in [0.3, 0.4) is 0 Å². The van der Waals surface area contributed by atoms with E-state index in [1.165, 1.54) is 0 Å². The van der Waals surface area contributed by atoms with Crippen molar-refractivity contribution in [2.45, 2.75) is 13.0 Å².